The Kier molecular flexibility index (Phi) is 2.08. The maximum Gasteiger partial charge on any atom is 0.262 e. The van der Waals surface area contributed by atoms with Gasteiger partial charge in [0, 0.05) is 17.5 Å². The van der Waals surface area contributed by atoms with Crippen LogP contribution in [0.15, 0.2) is 5.38 Å². The number of rotatable bonds is 1. The molecule has 0 aromatic carbocycles. The Morgan fingerprint density at radius 2 is 2.46 bits per heavy atom. The second kappa shape index (κ2) is 2.99. The number of nitrogens with one attached hydrogen (secondary N) is 1. The minimum absolute atomic E-state index is 0.125. The zero-order chi connectivity index (χ0) is 9.47. The SMILES string of the molecule is Cc1csc([C@H]2CC(F)(F)CN2)n1. The topological polar surface area (TPSA) is 24.9 Å². The molecule has 1 aromatic heterocycles. The fourth-order valence-electron chi connectivity index (χ4n) is 1.42. The highest BCUT2D eigenvalue weighted by Crippen LogP contribution is 2.34. The molecule has 0 saturated carbocycles. The van der Waals surface area contributed by atoms with Crippen molar-refractivity contribution < 1.29 is 8.78 Å². The summed E-state index contributed by atoms with van der Waals surface area (Å²) < 4.78 is 25.6. The third-order valence-corrected chi connectivity index (χ3v) is 3.12. The average Bonchev–Trinajstić information content (AvgIpc) is 2.56. The van der Waals surface area contributed by atoms with Crippen LogP contribution < -0.4 is 5.32 Å². The molecule has 0 amide bonds. The molecule has 0 aliphatic carbocycles. The van der Waals surface area contributed by atoms with E-state index in [1.165, 1.54) is 11.3 Å². The summed E-state index contributed by atoms with van der Waals surface area (Å²) in [4.78, 5) is 4.18. The number of aromatic nitrogens is 1. The van der Waals surface area contributed by atoms with Crippen LogP contribution in [0.4, 0.5) is 8.78 Å². The number of nitrogens with zero attached hydrogens (tertiary/aromatic N) is 1. The Hall–Kier alpha value is -0.550. The molecule has 0 bridgehead atoms. The summed E-state index contributed by atoms with van der Waals surface area (Å²) in [5, 5.41) is 5.43. The quantitative estimate of drug-likeness (QED) is 0.758. The maximum absolute atomic E-state index is 12.8. The first-order valence-electron chi connectivity index (χ1n) is 4.10. The monoisotopic (exact) mass is 204 g/mol. The van der Waals surface area contributed by atoms with Crippen molar-refractivity contribution >= 4 is 11.3 Å². The van der Waals surface area contributed by atoms with Crippen LogP contribution in [0.1, 0.15) is 23.2 Å². The fourth-order valence-corrected chi connectivity index (χ4v) is 2.29. The molecule has 13 heavy (non-hydrogen) atoms. The van der Waals surface area contributed by atoms with Crippen LogP contribution in [-0.2, 0) is 0 Å². The molecule has 0 spiro atoms. The van der Waals surface area contributed by atoms with E-state index in [0.717, 1.165) is 10.7 Å². The van der Waals surface area contributed by atoms with E-state index >= 15 is 0 Å². The van der Waals surface area contributed by atoms with Gasteiger partial charge >= 0.3 is 0 Å². The molecule has 2 heterocycles. The number of hydrogen-bond donors (Lipinski definition) is 1. The number of halogens is 2. The Labute approximate surface area is 79.0 Å². The van der Waals surface area contributed by atoms with Crippen molar-refractivity contribution in [1.29, 1.82) is 0 Å². The van der Waals surface area contributed by atoms with Crippen molar-refractivity contribution in [2.75, 3.05) is 6.54 Å². The van der Waals surface area contributed by atoms with Crippen LogP contribution in [-0.4, -0.2) is 17.5 Å². The van der Waals surface area contributed by atoms with Gasteiger partial charge in [-0.05, 0) is 6.92 Å². The molecule has 1 N–H and O–H groups in total. The lowest BCUT2D eigenvalue weighted by molar-refractivity contribution is 0.0210. The van der Waals surface area contributed by atoms with Crippen molar-refractivity contribution in [3.63, 3.8) is 0 Å². The summed E-state index contributed by atoms with van der Waals surface area (Å²) in [6.07, 6.45) is -0.125. The fraction of sp³-hybridized carbons (Fsp3) is 0.625. The van der Waals surface area contributed by atoms with Gasteiger partial charge in [0.2, 0.25) is 0 Å². The third-order valence-electron chi connectivity index (χ3n) is 2.04. The Balaban J connectivity index is 2.12. The summed E-state index contributed by atoms with van der Waals surface area (Å²) in [5.41, 5.74) is 0.900. The normalized spacial score (nSPS) is 26.5. The molecule has 1 saturated heterocycles. The van der Waals surface area contributed by atoms with E-state index in [4.69, 9.17) is 0 Å². The zero-order valence-electron chi connectivity index (χ0n) is 7.18. The van der Waals surface area contributed by atoms with Gasteiger partial charge in [-0.1, -0.05) is 0 Å². The van der Waals surface area contributed by atoms with Gasteiger partial charge in [-0.25, -0.2) is 13.8 Å². The summed E-state index contributed by atoms with van der Waals surface area (Å²) in [6, 6.07) is -0.256. The van der Waals surface area contributed by atoms with Gasteiger partial charge in [0.15, 0.2) is 0 Å². The minimum atomic E-state index is -2.57. The molecule has 5 heteroatoms. The van der Waals surface area contributed by atoms with Crippen LogP contribution in [0, 0.1) is 6.92 Å². The summed E-state index contributed by atoms with van der Waals surface area (Å²) in [5.74, 6) is -2.57. The molecule has 72 valence electrons. The lowest BCUT2D eigenvalue weighted by Crippen LogP contribution is -2.19. The molecule has 1 atom stereocenters. The number of alkyl halides is 2. The van der Waals surface area contributed by atoms with Crippen LogP contribution >= 0.6 is 11.3 Å². The largest absolute Gasteiger partial charge is 0.302 e. The van der Waals surface area contributed by atoms with Crippen molar-refractivity contribution in [2.45, 2.75) is 25.3 Å². The molecular weight excluding hydrogens is 194 g/mol. The molecule has 0 radical (unpaired) electrons. The first kappa shape index (κ1) is 9.02. The molecule has 2 nitrogen and oxygen atoms in total. The molecule has 1 aliphatic rings. The van der Waals surface area contributed by atoms with Crippen molar-refractivity contribution in [1.82, 2.24) is 10.3 Å². The first-order chi connectivity index (χ1) is 6.07. The highest BCUT2D eigenvalue weighted by atomic mass is 32.1. The van der Waals surface area contributed by atoms with Crippen LogP contribution in [0.2, 0.25) is 0 Å². The van der Waals surface area contributed by atoms with Gasteiger partial charge in [-0.3, -0.25) is 0 Å². The van der Waals surface area contributed by atoms with Gasteiger partial charge in [0.25, 0.3) is 5.92 Å². The zero-order valence-corrected chi connectivity index (χ0v) is 8.00. The van der Waals surface area contributed by atoms with Gasteiger partial charge in [-0.2, -0.15) is 0 Å². The summed E-state index contributed by atoms with van der Waals surface area (Å²) in [6.45, 7) is 1.64. The summed E-state index contributed by atoms with van der Waals surface area (Å²) in [7, 11) is 0. The molecular formula is C8H10F2N2S. The Bertz CT molecular complexity index is 311. The highest BCUT2D eigenvalue weighted by molar-refractivity contribution is 7.09. The van der Waals surface area contributed by atoms with E-state index in [9.17, 15) is 8.78 Å². The molecule has 0 unspecified atom stereocenters. The van der Waals surface area contributed by atoms with Gasteiger partial charge in [0.1, 0.15) is 5.01 Å². The van der Waals surface area contributed by atoms with E-state index in [1.807, 2.05) is 12.3 Å². The second-order valence-electron chi connectivity index (χ2n) is 3.32. The van der Waals surface area contributed by atoms with Crippen molar-refractivity contribution in [3.8, 4) is 0 Å². The van der Waals surface area contributed by atoms with Crippen molar-refractivity contribution in [2.24, 2.45) is 0 Å². The molecule has 1 fully saturated rings. The first-order valence-corrected chi connectivity index (χ1v) is 4.98. The van der Waals surface area contributed by atoms with Crippen molar-refractivity contribution in [3.05, 3.63) is 16.1 Å². The maximum atomic E-state index is 12.8. The minimum Gasteiger partial charge on any atom is -0.302 e. The van der Waals surface area contributed by atoms with Crippen LogP contribution in [0.5, 0.6) is 0 Å². The van der Waals surface area contributed by atoms with Crippen LogP contribution in [0.25, 0.3) is 0 Å². The average molecular weight is 204 g/mol. The molecule has 1 aromatic rings. The number of thiazole rings is 1. The smallest absolute Gasteiger partial charge is 0.262 e. The van der Waals surface area contributed by atoms with Crippen LogP contribution in [0.3, 0.4) is 0 Å². The highest BCUT2D eigenvalue weighted by Gasteiger charge is 2.40. The Morgan fingerprint density at radius 3 is 2.92 bits per heavy atom. The molecule has 2 rings (SSSR count). The number of aryl methyl sites for hydroxylation is 1. The van der Waals surface area contributed by atoms with Gasteiger partial charge < -0.3 is 5.32 Å². The van der Waals surface area contributed by atoms with Gasteiger partial charge in [-0.15, -0.1) is 11.3 Å². The predicted octanol–water partition coefficient (Wildman–Crippen LogP) is 2.12. The standard InChI is InChI=1S/C8H10F2N2S/c1-5-3-13-7(12-5)6-2-8(9,10)4-11-6/h3,6,11H,2,4H2,1H3/t6-/m1/s1. The third kappa shape index (κ3) is 1.86. The molecule has 1 aliphatic heterocycles. The van der Waals surface area contributed by atoms with E-state index in [2.05, 4.69) is 10.3 Å². The Morgan fingerprint density at radius 1 is 1.69 bits per heavy atom. The van der Waals surface area contributed by atoms with E-state index < -0.39 is 5.92 Å². The van der Waals surface area contributed by atoms with Gasteiger partial charge in [0.05, 0.1) is 12.6 Å². The second-order valence-corrected chi connectivity index (χ2v) is 4.21. The number of hydrogen-bond acceptors (Lipinski definition) is 3. The van der Waals surface area contributed by atoms with E-state index in [-0.39, 0.29) is 19.0 Å². The lowest BCUT2D eigenvalue weighted by atomic mass is 10.2. The van der Waals surface area contributed by atoms with E-state index in [1.54, 1.807) is 0 Å². The predicted molar refractivity (Wildman–Crippen MR) is 47.2 cm³/mol. The van der Waals surface area contributed by atoms with E-state index in [0.29, 0.717) is 0 Å². The summed E-state index contributed by atoms with van der Waals surface area (Å²) >= 11 is 1.44. The lowest BCUT2D eigenvalue weighted by Gasteiger charge is -2.05.